The maximum absolute atomic E-state index is 6.36. The van der Waals surface area contributed by atoms with Gasteiger partial charge in [-0.15, -0.1) is 13.0 Å². The maximum atomic E-state index is 6.36. The van der Waals surface area contributed by atoms with E-state index in [1.807, 2.05) is 39.0 Å². The minimum atomic E-state index is 0.881. The number of fused-ring (bicyclic) bond motifs is 9. The van der Waals surface area contributed by atoms with E-state index in [9.17, 15) is 0 Å². The van der Waals surface area contributed by atoms with Crippen LogP contribution in [-0.4, -0.2) is 4.57 Å². The lowest BCUT2D eigenvalue weighted by Crippen LogP contribution is -1.94. The quantitative estimate of drug-likeness (QED) is 0.0956. The van der Waals surface area contributed by atoms with Crippen molar-refractivity contribution in [1.29, 1.82) is 0 Å². The zero-order chi connectivity index (χ0) is 41.6. The molecule has 0 fully saturated rings. The van der Waals surface area contributed by atoms with Crippen LogP contribution in [0.2, 0.25) is 0 Å². The zero-order valence-electron chi connectivity index (χ0n) is 34.4. The number of furan rings is 2. The number of nitrogens with zero attached hydrogens (tertiary/aromatic N) is 1. The normalized spacial score (nSPS) is 12.5. The van der Waals surface area contributed by atoms with Gasteiger partial charge in [0.05, 0.1) is 11.0 Å². The Morgan fingerprint density at radius 3 is 1.80 bits per heavy atom. The molecule has 0 spiro atoms. The second kappa shape index (κ2) is 17.5. The van der Waals surface area contributed by atoms with Gasteiger partial charge in [0.25, 0.3) is 0 Å². The van der Waals surface area contributed by atoms with Crippen molar-refractivity contribution in [2.45, 2.75) is 33.6 Å². The highest BCUT2D eigenvalue weighted by Crippen LogP contribution is 2.39. The largest absolute Gasteiger partial charge is 0.460 e. The van der Waals surface area contributed by atoms with Crippen LogP contribution in [0.5, 0.6) is 0 Å². The summed E-state index contributed by atoms with van der Waals surface area (Å²) in [5.41, 5.74) is 14.3. The molecule has 3 aromatic heterocycles. The molecule has 1 aliphatic carbocycles. The lowest BCUT2D eigenvalue weighted by molar-refractivity contribution is 0.546. The summed E-state index contributed by atoms with van der Waals surface area (Å²) < 4.78 is 14.8. The van der Waals surface area contributed by atoms with Gasteiger partial charge in [0.2, 0.25) is 0 Å². The fourth-order valence-electron chi connectivity index (χ4n) is 8.15. The molecular weight excluding hydrogens is 731 g/mol. The lowest BCUT2D eigenvalue weighted by atomic mass is 9.96. The Hall–Kier alpha value is -7.54. The average molecular weight is 778 g/mol. The van der Waals surface area contributed by atoms with E-state index < -0.39 is 0 Å². The van der Waals surface area contributed by atoms with Gasteiger partial charge in [-0.1, -0.05) is 116 Å². The number of hydrogen-bond acceptors (Lipinski definition) is 2. The molecule has 6 aromatic carbocycles. The van der Waals surface area contributed by atoms with E-state index in [1.165, 1.54) is 38.4 Å². The van der Waals surface area contributed by atoms with Crippen LogP contribution in [0, 0.1) is 12.3 Å². The van der Waals surface area contributed by atoms with Crippen LogP contribution in [-0.2, 0) is 6.42 Å². The molecule has 3 nitrogen and oxygen atoms in total. The maximum Gasteiger partial charge on any atom is 0.135 e. The van der Waals surface area contributed by atoms with Crippen LogP contribution in [0.3, 0.4) is 0 Å². The first-order chi connectivity index (χ1) is 29.5. The molecule has 0 amide bonds. The number of benzene rings is 6. The van der Waals surface area contributed by atoms with Crippen molar-refractivity contribution in [3.8, 4) is 45.7 Å². The first-order valence-electron chi connectivity index (χ1n) is 20.4. The van der Waals surface area contributed by atoms with Crippen LogP contribution in [0.4, 0.5) is 0 Å². The van der Waals surface area contributed by atoms with E-state index >= 15 is 0 Å². The van der Waals surface area contributed by atoms with E-state index in [0.717, 1.165) is 79.5 Å². The van der Waals surface area contributed by atoms with Gasteiger partial charge in [0.1, 0.15) is 22.5 Å². The van der Waals surface area contributed by atoms with Gasteiger partial charge in [-0.05, 0) is 133 Å². The Balaban J connectivity index is 0.000000576. The number of allylic oxidation sites excluding steroid dienone is 9. The molecule has 0 saturated carbocycles. The second-order valence-corrected chi connectivity index (χ2v) is 14.7. The number of terminal acetylenes is 1. The number of hydrogen-bond donors (Lipinski definition) is 0. The van der Waals surface area contributed by atoms with Crippen molar-refractivity contribution in [2.75, 3.05) is 0 Å². The Bertz CT molecular complexity index is 3230. The monoisotopic (exact) mass is 777 g/mol. The summed E-state index contributed by atoms with van der Waals surface area (Å²) in [5.74, 6) is 3.72. The molecule has 0 atom stereocenters. The fraction of sp³-hybridized carbons (Fsp3) is 0.0877. The summed E-state index contributed by atoms with van der Waals surface area (Å²) >= 11 is 0. The average Bonchev–Trinajstić information content (AvgIpc) is 3.96. The molecule has 0 saturated heterocycles. The SMILES string of the molecule is C#C/C=C\C(=C/C)n1c2ccccc2c2cc(-c3ccc4oc5ccc(-c6cccc(-c7ccc8oc9c(c8c7)C=CCC9)c6)cc5c4c3)ccc21.C=C/C=C\C.C=CC. The second-order valence-electron chi connectivity index (χ2n) is 14.7. The molecule has 0 N–H and O–H groups in total. The Kier molecular flexibility index (Phi) is 11.5. The predicted octanol–water partition coefficient (Wildman–Crippen LogP) is 16.4. The highest BCUT2D eigenvalue weighted by atomic mass is 16.3. The topological polar surface area (TPSA) is 31.2 Å². The molecule has 0 radical (unpaired) electrons. The van der Waals surface area contributed by atoms with Crippen LogP contribution in [0.15, 0.2) is 192 Å². The van der Waals surface area contributed by atoms with Crippen molar-refractivity contribution in [3.05, 3.63) is 194 Å². The molecule has 1 aliphatic rings. The summed E-state index contributed by atoms with van der Waals surface area (Å²) in [6.45, 7) is 12.7. The van der Waals surface area contributed by atoms with Crippen molar-refractivity contribution >= 4 is 66.5 Å². The third-order valence-corrected chi connectivity index (χ3v) is 10.9. The van der Waals surface area contributed by atoms with Crippen molar-refractivity contribution < 1.29 is 8.83 Å². The molecule has 9 aromatic rings. The number of rotatable bonds is 6. The molecule has 10 rings (SSSR count). The van der Waals surface area contributed by atoms with E-state index in [2.05, 4.69) is 163 Å². The van der Waals surface area contributed by atoms with E-state index in [4.69, 9.17) is 15.3 Å². The first-order valence-corrected chi connectivity index (χ1v) is 20.4. The molecule has 0 unspecified atom stereocenters. The Morgan fingerprint density at radius 2 is 1.20 bits per heavy atom. The highest BCUT2D eigenvalue weighted by Gasteiger charge is 2.17. The van der Waals surface area contributed by atoms with Crippen molar-refractivity contribution in [3.63, 3.8) is 0 Å². The van der Waals surface area contributed by atoms with Crippen LogP contribution < -0.4 is 0 Å². The van der Waals surface area contributed by atoms with Crippen LogP contribution in [0.25, 0.3) is 99.9 Å². The third kappa shape index (κ3) is 7.48. The molecule has 0 aliphatic heterocycles. The molecule has 3 heterocycles. The summed E-state index contributed by atoms with van der Waals surface area (Å²) in [5, 5.41) is 5.79. The number of aryl methyl sites for hydroxylation is 1. The highest BCUT2D eigenvalue weighted by molar-refractivity contribution is 6.12. The van der Waals surface area contributed by atoms with Gasteiger partial charge < -0.3 is 13.4 Å². The number of para-hydroxylation sites is 1. The zero-order valence-corrected chi connectivity index (χ0v) is 34.4. The van der Waals surface area contributed by atoms with Gasteiger partial charge in [-0.25, -0.2) is 0 Å². The summed E-state index contributed by atoms with van der Waals surface area (Å²) in [6.07, 6.45) is 25.2. The van der Waals surface area contributed by atoms with Crippen molar-refractivity contribution in [2.24, 2.45) is 0 Å². The van der Waals surface area contributed by atoms with E-state index in [1.54, 1.807) is 18.2 Å². The minimum Gasteiger partial charge on any atom is -0.460 e. The van der Waals surface area contributed by atoms with Gasteiger partial charge in [-0.3, -0.25) is 0 Å². The van der Waals surface area contributed by atoms with Gasteiger partial charge in [-0.2, -0.15) is 0 Å². The Labute approximate surface area is 352 Å². The van der Waals surface area contributed by atoms with E-state index in [-0.39, 0.29) is 0 Å². The number of aromatic nitrogens is 1. The molecule has 3 heteroatoms. The first kappa shape index (κ1) is 39.3. The van der Waals surface area contributed by atoms with Crippen LogP contribution >= 0.6 is 0 Å². The molecule has 292 valence electrons. The summed E-state index contributed by atoms with van der Waals surface area (Å²) in [6, 6.07) is 43.7. The van der Waals surface area contributed by atoms with Gasteiger partial charge in [0.15, 0.2) is 0 Å². The molecular formula is C57H47NO2. The van der Waals surface area contributed by atoms with E-state index in [0.29, 0.717) is 0 Å². The van der Waals surface area contributed by atoms with Gasteiger partial charge in [0, 0.05) is 44.6 Å². The predicted molar refractivity (Wildman–Crippen MR) is 259 cm³/mol. The molecule has 0 bridgehead atoms. The third-order valence-electron chi connectivity index (χ3n) is 10.9. The van der Waals surface area contributed by atoms with Gasteiger partial charge >= 0.3 is 0 Å². The molecule has 60 heavy (non-hydrogen) atoms. The lowest BCUT2D eigenvalue weighted by Gasteiger charge is -2.09. The Morgan fingerprint density at radius 1 is 0.633 bits per heavy atom. The summed E-state index contributed by atoms with van der Waals surface area (Å²) in [4.78, 5) is 0. The minimum absolute atomic E-state index is 0.881. The smallest absolute Gasteiger partial charge is 0.135 e. The fourth-order valence-corrected chi connectivity index (χ4v) is 8.15. The van der Waals surface area contributed by atoms with Crippen molar-refractivity contribution in [1.82, 2.24) is 4.57 Å². The summed E-state index contributed by atoms with van der Waals surface area (Å²) in [7, 11) is 0. The van der Waals surface area contributed by atoms with Crippen LogP contribution in [0.1, 0.15) is 38.5 Å². The standard InChI is InChI=1S/C49H33NO2.C5H8.C3H6/c1-3-5-13-37(4-2)50-44-16-8-6-14-38(44)40-27-33(18-22-45(40)50)36-21-25-49-43(30-36)42-29-35(20-24-48(42)52-49)32-12-10-11-31(26-32)34-19-23-47-41(28-34)39-15-7-9-17-46(39)51-47;1-3-5-4-2;1-3-2/h1,4-8,10-16,18-30H,9,17H2,2H3;3-5H,1H2,2H3;3H,1H2,2H3/b13-5-,37-4+;5-4-;.